The lowest BCUT2D eigenvalue weighted by Crippen LogP contribution is -2.39. The molecule has 3 nitrogen and oxygen atoms in total. The second-order valence-corrected chi connectivity index (χ2v) is 5.28. The quantitative estimate of drug-likeness (QED) is 0.567. The number of nitrogens with one attached hydrogen (secondary N) is 1. The molecule has 0 saturated carbocycles. The van der Waals surface area contributed by atoms with Gasteiger partial charge in [-0.1, -0.05) is 27.7 Å². The fourth-order valence-electron chi connectivity index (χ4n) is 1.91. The molecule has 1 atom stereocenters. The van der Waals surface area contributed by atoms with Crippen LogP contribution in [0.15, 0.2) is 0 Å². The highest BCUT2D eigenvalue weighted by Gasteiger charge is 2.24. The van der Waals surface area contributed by atoms with Crippen LogP contribution in [0.25, 0.3) is 0 Å². The van der Waals surface area contributed by atoms with Crippen LogP contribution in [0, 0.1) is 11.3 Å². The molecule has 0 amide bonds. The third-order valence-corrected chi connectivity index (χ3v) is 3.46. The first-order valence-corrected chi connectivity index (χ1v) is 6.49. The zero-order chi connectivity index (χ0) is 12.6. The van der Waals surface area contributed by atoms with Gasteiger partial charge >= 0.3 is 0 Å². The first-order chi connectivity index (χ1) is 7.49. The predicted octanol–water partition coefficient (Wildman–Crippen LogP) is 1.78. The fourth-order valence-corrected chi connectivity index (χ4v) is 1.91. The molecule has 98 valence electrons. The van der Waals surface area contributed by atoms with E-state index >= 15 is 0 Å². The van der Waals surface area contributed by atoms with Crippen molar-refractivity contribution >= 4 is 0 Å². The molecule has 3 heteroatoms. The molecule has 16 heavy (non-hydrogen) atoms. The summed E-state index contributed by atoms with van der Waals surface area (Å²) in [6, 6.07) is 0. The average Bonchev–Trinajstić information content (AvgIpc) is 2.24. The van der Waals surface area contributed by atoms with Gasteiger partial charge in [0.25, 0.3) is 0 Å². The summed E-state index contributed by atoms with van der Waals surface area (Å²) < 4.78 is 0. The lowest BCUT2D eigenvalue weighted by molar-refractivity contribution is 0.0997. The minimum absolute atomic E-state index is 0.0163. The van der Waals surface area contributed by atoms with E-state index in [2.05, 4.69) is 33.0 Å². The molecule has 0 saturated heterocycles. The second kappa shape index (κ2) is 8.04. The Balaban J connectivity index is 3.86. The Morgan fingerprint density at radius 2 is 1.75 bits per heavy atom. The smallest absolute Gasteiger partial charge is 0.0667 e. The van der Waals surface area contributed by atoms with Gasteiger partial charge in [-0.05, 0) is 25.2 Å². The Hall–Kier alpha value is -0.120. The normalized spacial score (nSPS) is 14.4. The highest BCUT2D eigenvalue weighted by Crippen LogP contribution is 2.24. The summed E-state index contributed by atoms with van der Waals surface area (Å²) in [5, 5.41) is 22.4. The van der Waals surface area contributed by atoms with E-state index in [-0.39, 0.29) is 18.1 Å². The van der Waals surface area contributed by atoms with Crippen LogP contribution in [0.3, 0.4) is 0 Å². The van der Waals surface area contributed by atoms with E-state index in [9.17, 15) is 10.2 Å². The molecule has 1 unspecified atom stereocenters. The van der Waals surface area contributed by atoms with Crippen molar-refractivity contribution in [2.45, 2.75) is 53.1 Å². The van der Waals surface area contributed by atoms with Crippen molar-refractivity contribution in [3.05, 3.63) is 0 Å². The number of aliphatic hydroxyl groups is 2. The maximum absolute atomic E-state index is 9.71. The fraction of sp³-hybridized carbons (Fsp3) is 1.00. The van der Waals surface area contributed by atoms with Gasteiger partial charge in [-0.15, -0.1) is 0 Å². The molecular weight excluding hydrogens is 202 g/mol. The Morgan fingerprint density at radius 3 is 2.12 bits per heavy atom. The number of hydrogen-bond acceptors (Lipinski definition) is 3. The molecule has 0 aromatic carbocycles. The molecule has 0 radical (unpaired) electrons. The van der Waals surface area contributed by atoms with Crippen LogP contribution in [0.4, 0.5) is 0 Å². The Bertz CT molecular complexity index is 159. The third-order valence-electron chi connectivity index (χ3n) is 3.46. The van der Waals surface area contributed by atoms with Gasteiger partial charge in [0, 0.05) is 25.1 Å². The van der Waals surface area contributed by atoms with Gasteiger partial charge < -0.3 is 15.5 Å². The van der Waals surface area contributed by atoms with E-state index in [0.29, 0.717) is 12.5 Å². The van der Waals surface area contributed by atoms with Crippen molar-refractivity contribution < 1.29 is 10.2 Å². The van der Waals surface area contributed by atoms with Gasteiger partial charge in [0.05, 0.1) is 6.10 Å². The summed E-state index contributed by atoms with van der Waals surface area (Å²) in [7, 11) is 0. The van der Waals surface area contributed by atoms with Gasteiger partial charge in [-0.3, -0.25) is 0 Å². The topological polar surface area (TPSA) is 52.5 Å². The number of rotatable bonds is 9. The molecule has 0 aromatic heterocycles. The van der Waals surface area contributed by atoms with Crippen LogP contribution in [0.2, 0.25) is 0 Å². The summed E-state index contributed by atoms with van der Waals surface area (Å²) in [6.07, 6.45) is 2.49. The minimum atomic E-state index is -0.273. The average molecular weight is 231 g/mol. The van der Waals surface area contributed by atoms with Crippen LogP contribution >= 0.6 is 0 Å². The lowest BCUT2D eigenvalue weighted by atomic mass is 9.83. The van der Waals surface area contributed by atoms with Crippen molar-refractivity contribution in [3.8, 4) is 0 Å². The summed E-state index contributed by atoms with van der Waals surface area (Å²) in [6.45, 7) is 10.1. The minimum Gasteiger partial charge on any atom is -0.396 e. The lowest BCUT2D eigenvalue weighted by Gasteiger charge is -2.30. The monoisotopic (exact) mass is 231 g/mol. The highest BCUT2D eigenvalue weighted by atomic mass is 16.3. The second-order valence-electron chi connectivity index (χ2n) is 5.28. The maximum atomic E-state index is 9.71. The first-order valence-electron chi connectivity index (χ1n) is 6.49. The van der Waals surface area contributed by atoms with Crippen molar-refractivity contribution in [2.24, 2.45) is 11.3 Å². The molecule has 3 N–H and O–H groups in total. The summed E-state index contributed by atoms with van der Waals surface area (Å²) in [5.41, 5.74) is -0.0163. The molecule has 0 bridgehead atoms. The zero-order valence-electron chi connectivity index (χ0n) is 11.3. The van der Waals surface area contributed by atoms with E-state index in [1.54, 1.807) is 0 Å². The molecule has 0 aliphatic rings. The van der Waals surface area contributed by atoms with E-state index in [4.69, 9.17) is 0 Å². The van der Waals surface area contributed by atoms with Gasteiger partial charge in [0.1, 0.15) is 0 Å². The summed E-state index contributed by atoms with van der Waals surface area (Å²) in [4.78, 5) is 0. The predicted molar refractivity (Wildman–Crippen MR) is 68.4 cm³/mol. The van der Waals surface area contributed by atoms with E-state index in [1.807, 2.05) is 0 Å². The molecular formula is C13H29NO2. The van der Waals surface area contributed by atoms with Crippen molar-refractivity contribution in [3.63, 3.8) is 0 Å². The van der Waals surface area contributed by atoms with Gasteiger partial charge in [0.15, 0.2) is 0 Å². The van der Waals surface area contributed by atoms with Gasteiger partial charge in [-0.2, -0.15) is 0 Å². The molecule has 0 heterocycles. The molecule has 0 aromatic rings. The van der Waals surface area contributed by atoms with Crippen LogP contribution < -0.4 is 5.32 Å². The van der Waals surface area contributed by atoms with Crippen molar-refractivity contribution in [2.75, 3.05) is 19.7 Å². The zero-order valence-corrected chi connectivity index (χ0v) is 11.3. The summed E-state index contributed by atoms with van der Waals surface area (Å²) in [5.74, 6) is 0.525. The van der Waals surface area contributed by atoms with Crippen LogP contribution in [0.1, 0.15) is 47.0 Å². The van der Waals surface area contributed by atoms with Crippen LogP contribution in [-0.4, -0.2) is 36.0 Å². The number of aliphatic hydroxyl groups excluding tert-OH is 2. The largest absolute Gasteiger partial charge is 0.396 e. The van der Waals surface area contributed by atoms with Crippen LogP contribution in [-0.2, 0) is 0 Å². The standard InChI is InChI=1S/C13H29NO2/c1-5-13(6-2,10-15)9-14-8-12(16)7-11(3)4/h11-12,14-16H,5-10H2,1-4H3. The molecule has 0 aliphatic carbocycles. The van der Waals surface area contributed by atoms with Crippen LogP contribution in [0.5, 0.6) is 0 Å². The van der Waals surface area contributed by atoms with Crippen molar-refractivity contribution in [1.82, 2.24) is 5.32 Å². The van der Waals surface area contributed by atoms with Crippen molar-refractivity contribution in [1.29, 1.82) is 0 Å². The Labute approximate surface area is 100 Å². The SMILES string of the molecule is CCC(CC)(CO)CNCC(O)CC(C)C. The third kappa shape index (κ3) is 5.83. The number of hydrogen-bond donors (Lipinski definition) is 3. The Kier molecular flexibility index (Phi) is 7.98. The van der Waals surface area contributed by atoms with Gasteiger partial charge in [-0.25, -0.2) is 0 Å². The highest BCUT2D eigenvalue weighted by molar-refractivity contribution is 4.78. The van der Waals surface area contributed by atoms with E-state index < -0.39 is 0 Å². The Morgan fingerprint density at radius 1 is 1.19 bits per heavy atom. The molecule has 0 fully saturated rings. The van der Waals surface area contributed by atoms with E-state index in [0.717, 1.165) is 25.8 Å². The van der Waals surface area contributed by atoms with Gasteiger partial charge in [0.2, 0.25) is 0 Å². The maximum Gasteiger partial charge on any atom is 0.0667 e. The first kappa shape index (κ1) is 15.9. The molecule has 0 aliphatic heterocycles. The summed E-state index contributed by atoms with van der Waals surface area (Å²) >= 11 is 0. The molecule has 0 rings (SSSR count). The van der Waals surface area contributed by atoms with E-state index in [1.165, 1.54) is 0 Å². The molecule has 0 spiro atoms.